The smallest absolute Gasteiger partial charge is 0.261 e. The van der Waals surface area contributed by atoms with Gasteiger partial charge < -0.3 is 24.7 Å². The van der Waals surface area contributed by atoms with E-state index in [1.165, 1.54) is 16.0 Å². The minimum Gasteiger partial charge on any atom is -0.348 e. The maximum Gasteiger partial charge on any atom is 0.261 e. The molecule has 3 aromatic carbocycles. The number of fused-ring (bicyclic) bond motifs is 1. The molecule has 8 nitrogen and oxygen atoms in total. The van der Waals surface area contributed by atoms with Crippen LogP contribution in [-0.4, -0.2) is 61.2 Å². The Kier molecular flexibility index (Phi) is 8.28. The maximum atomic E-state index is 13.2. The number of carbonyl (C=O) groups is 2. The van der Waals surface area contributed by atoms with E-state index < -0.39 is 11.6 Å². The Balaban J connectivity index is 0.968. The molecule has 2 aliphatic carbocycles. The van der Waals surface area contributed by atoms with Crippen LogP contribution in [0.1, 0.15) is 108 Å². The molecular weight excluding hydrogens is 604 g/mol. The van der Waals surface area contributed by atoms with Gasteiger partial charge in [0.25, 0.3) is 11.8 Å². The lowest BCUT2D eigenvalue weighted by Gasteiger charge is -2.45. The number of imide groups is 1. The van der Waals surface area contributed by atoms with Crippen molar-refractivity contribution >= 4 is 11.8 Å². The Morgan fingerprint density at radius 2 is 1.23 bits per heavy atom. The molecule has 2 spiro atoms. The summed E-state index contributed by atoms with van der Waals surface area (Å²) in [5, 5.41) is 0. The number of hydrogen-bond donors (Lipinski definition) is 1. The number of amides is 2. The number of hydrogen-bond acceptors (Lipinski definition) is 7. The zero-order chi connectivity index (χ0) is 32.8. The monoisotopic (exact) mass is 650 g/mol. The van der Waals surface area contributed by atoms with Gasteiger partial charge in [0, 0.05) is 32.2 Å². The van der Waals surface area contributed by atoms with E-state index in [1.54, 1.807) is 12.1 Å². The van der Waals surface area contributed by atoms with Gasteiger partial charge in [-0.15, -0.1) is 0 Å². The quantitative estimate of drug-likeness (QED) is 0.275. The van der Waals surface area contributed by atoms with Gasteiger partial charge in [-0.2, -0.15) is 0 Å². The van der Waals surface area contributed by atoms with Crippen LogP contribution in [0.2, 0.25) is 0 Å². The highest BCUT2D eigenvalue weighted by molar-refractivity contribution is 6.21. The predicted octanol–water partition coefficient (Wildman–Crippen LogP) is 6.57. The van der Waals surface area contributed by atoms with Gasteiger partial charge in [-0.1, -0.05) is 66.7 Å². The van der Waals surface area contributed by atoms with E-state index in [-0.39, 0.29) is 28.7 Å². The molecule has 2 amide bonds. The molecule has 8 rings (SSSR count). The average molecular weight is 651 g/mol. The molecule has 0 radical (unpaired) electrons. The van der Waals surface area contributed by atoms with Gasteiger partial charge >= 0.3 is 0 Å². The number of nitrogens with two attached hydrogens (primary N) is 1. The van der Waals surface area contributed by atoms with Crippen molar-refractivity contribution in [3.8, 4) is 0 Å². The van der Waals surface area contributed by atoms with Crippen molar-refractivity contribution in [2.75, 3.05) is 32.9 Å². The molecule has 252 valence electrons. The molecule has 0 aromatic heterocycles. The van der Waals surface area contributed by atoms with Crippen LogP contribution in [0, 0.1) is 0 Å². The van der Waals surface area contributed by atoms with Crippen molar-refractivity contribution in [2.24, 2.45) is 5.73 Å². The molecular formula is C40H46N2O6. The molecule has 0 bridgehead atoms. The second kappa shape index (κ2) is 12.5. The highest BCUT2D eigenvalue weighted by atomic mass is 16.7. The summed E-state index contributed by atoms with van der Waals surface area (Å²) in [5.74, 6) is -1.44. The number of nitrogens with zero attached hydrogens (tertiary/aromatic N) is 1. The van der Waals surface area contributed by atoms with Crippen LogP contribution in [0.4, 0.5) is 0 Å². The fraction of sp³-hybridized carbons (Fsp3) is 0.500. The van der Waals surface area contributed by atoms with Gasteiger partial charge in [0.05, 0.1) is 30.9 Å². The Hall–Kier alpha value is -3.40. The first-order valence-corrected chi connectivity index (χ1v) is 17.8. The first-order valence-electron chi connectivity index (χ1n) is 17.8. The van der Waals surface area contributed by atoms with Crippen molar-refractivity contribution < 1.29 is 28.5 Å². The van der Waals surface area contributed by atoms with Crippen LogP contribution < -0.4 is 5.73 Å². The minimum absolute atomic E-state index is 0.00205. The average Bonchev–Trinajstić information content (AvgIpc) is 3.84. The molecule has 48 heavy (non-hydrogen) atoms. The second-order valence-corrected chi connectivity index (χ2v) is 14.6. The third-order valence-corrected chi connectivity index (χ3v) is 12.2. The van der Waals surface area contributed by atoms with Crippen LogP contribution in [0.3, 0.4) is 0 Å². The third-order valence-electron chi connectivity index (χ3n) is 12.2. The van der Waals surface area contributed by atoms with E-state index in [1.807, 2.05) is 18.2 Å². The van der Waals surface area contributed by atoms with Gasteiger partial charge in [-0.25, -0.2) is 0 Å². The van der Waals surface area contributed by atoms with Crippen molar-refractivity contribution in [3.05, 3.63) is 107 Å². The van der Waals surface area contributed by atoms with Crippen LogP contribution >= 0.6 is 0 Å². The standard InChI is InChI=1S/C40H46N2O6/c41-23-21-37(13-17-39(18-14-37)45-25-26-46-39)31-10-6-7-29(27-31)34-28-47-40(48-34)19-15-38(16-20-40,30-8-2-1-3-9-30)22-24-42-35(43)32-11-4-5-12-33(32)36(42)44/h1-12,27,34H,13-26,28,41H2. The van der Waals surface area contributed by atoms with E-state index in [2.05, 4.69) is 48.5 Å². The van der Waals surface area contributed by atoms with Crippen molar-refractivity contribution in [3.63, 3.8) is 0 Å². The molecule has 2 saturated heterocycles. The predicted molar refractivity (Wildman–Crippen MR) is 180 cm³/mol. The SMILES string of the molecule is NCCC1(c2cccc(C3COC4(CCC(CCN5C(=O)c6ccccc6C5=O)(c5ccccc5)CC4)O3)c2)CCC2(CC1)OCCO2. The van der Waals surface area contributed by atoms with Crippen molar-refractivity contribution in [2.45, 2.75) is 92.7 Å². The van der Waals surface area contributed by atoms with Crippen LogP contribution in [0.15, 0.2) is 78.9 Å². The molecule has 2 saturated carbocycles. The van der Waals surface area contributed by atoms with E-state index in [0.717, 1.165) is 63.4 Å². The fourth-order valence-electron chi connectivity index (χ4n) is 9.26. The summed E-state index contributed by atoms with van der Waals surface area (Å²) >= 11 is 0. The van der Waals surface area contributed by atoms with Gasteiger partial charge in [0.15, 0.2) is 11.6 Å². The molecule has 3 heterocycles. The molecule has 1 unspecified atom stereocenters. The normalized spacial score (nSPS) is 25.2. The van der Waals surface area contributed by atoms with E-state index >= 15 is 0 Å². The maximum absolute atomic E-state index is 13.2. The molecule has 2 N–H and O–H groups in total. The topological polar surface area (TPSA) is 100 Å². The minimum atomic E-state index is -0.641. The van der Waals surface area contributed by atoms with Gasteiger partial charge in [0.1, 0.15) is 6.10 Å². The highest BCUT2D eigenvalue weighted by Gasteiger charge is 2.51. The van der Waals surface area contributed by atoms with Crippen molar-refractivity contribution in [1.82, 2.24) is 4.90 Å². The third kappa shape index (κ3) is 5.52. The Bertz CT molecular complexity index is 1610. The molecule has 8 heteroatoms. The van der Waals surface area contributed by atoms with Crippen molar-refractivity contribution in [1.29, 1.82) is 0 Å². The molecule has 3 aliphatic heterocycles. The summed E-state index contributed by atoms with van der Waals surface area (Å²) in [5.41, 5.74) is 10.7. The lowest BCUT2D eigenvalue weighted by molar-refractivity contribution is -0.196. The van der Waals surface area contributed by atoms with E-state index in [4.69, 9.17) is 24.7 Å². The zero-order valence-electron chi connectivity index (χ0n) is 27.7. The molecule has 3 aromatic rings. The zero-order valence-corrected chi connectivity index (χ0v) is 27.7. The summed E-state index contributed by atoms with van der Waals surface area (Å²) < 4.78 is 25.5. The Morgan fingerprint density at radius 1 is 0.646 bits per heavy atom. The first-order chi connectivity index (χ1) is 23.4. The molecule has 5 aliphatic rings. The highest BCUT2D eigenvalue weighted by Crippen LogP contribution is 2.52. The molecule has 4 fully saturated rings. The second-order valence-electron chi connectivity index (χ2n) is 14.6. The summed E-state index contributed by atoms with van der Waals surface area (Å²) in [6.45, 7) is 2.90. The lowest BCUT2D eigenvalue weighted by Crippen LogP contribution is -2.44. The first kappa shape index (κ1) is 31.8. The van der Waals surface area contributed by atoms with Gasteiger partial charge in [-0.05, 0) is 84.7 Å². The Morgan fingerprint density at radius 3 is 1.88 bits per heavy atom. The van der Waals surface area contributed by atoms with Crippen LogP contribution in [0.5, 0.6) is 0 Å². The summed E-state index contributed by atoms with van der Waals surface area (Å²) in [4.78, 5) is 27.8. The summed E-state index contributed by atoms with van der Waals surface area (Å²) in [6.07, 6.45) is 8.43. The van der Waals surface area contributed by atoms with Crippen LogP contribution in [0.25, 0.3) is 0 Å². The Labute approximate surface area is 282 Å². The molecule has 1 atom stereocenters. The van der Waals surface area contributed by atoms with Crippen LogP contribution in [-0.2, 0) is 29.8 Å². The largest absolute Gasteiger partial charge is 0.348 e. The number of benzene rings is 3. The number of carbonyl (C=O) groups excluding carboxylic acids is 2. The lowest BCUT2D eigenvalue weighted by atomic mass is 9.65. The summed E-state index contributed by atoms with van der Waals surface area (Å²) in [6, 6.07) is 26.6. The van der Waals surface area contributed by atoms with E-state index in [0.29, 0.717) is 50.5 Å². The summed E-state index contributed by atoms with van der Waals surface area (Å²) in [7, 11) is 0. The van der Waals surface area contributed by atoms with E-state index in [9.17, 15) is 9.59 Å². The fourth-order valence-corrected chi connectivity index (χ4v) is 9.26. The number of rotatable bonds is 8. The number of ether oxygens (including phenoxy) is 4. The van der Waals surface area contributed by atoms with Gasteiger partial charge in [-0.3, -0.25) is 14.5 Å². The van der Waals surface area contributed by atoms with Gasteiger partial charge in [0.2, 0.25) is 0 Å².